The Morgan fingerprint density at radius 2 is 1.68 bits per heavy atom. The van der Waals surface area contributed by atoms with Crippen molar-refractivity contribution < 1.29 is 14.3 Å². The summed E-state index contributed by atoms with van der Waals surface area (Å²) in [5.74, 6) is 1.09. The average molecular weight is 321 g/mol. The summed E-state index contributed by atoms with van der Waals surface area (Å²) in [7, 11) is 3.11. The minimum absolute atomic E-state index is 0.0768. The van der Waals surface area contributed by atoms with E-state index < -0.39 is 0 Å². The average Bonchev–Trinajstić information content (AvgIpc) is 2.46. The molecule has 4 heteroatoms. The van der Waals surface area contributed by atoms with Crippen molar-refractivity contribution >= 4 is 21.7 Å². The largest absolute Gasteiger partial charge is 0.497 e. The van der Waals surface area contributed by atoms with Gasteiger partial charge in [0.1, 0.15) is 11.5 Å². The number of benzene rings is 2. The second kappa shape index (κ2) is 5.89. The summed E-state index contributed by atoms with van der Waals surface area (Å²) < 4.78 is 11.3. The first kappa shape index (κ1) is 13.6. The molecule has 3 nitrogen and oxygen atoms in total. The molecule has 0 N–H and O–H groups in total. The number of ketones is 1. The van der Waals surface area contributed by atoms with Crippen LogP contribution in [0.15, 0.2) is 46.9 Å². The lowest BCUT2D eigenvalue weighted by Gasteiger charge is -2.09. The van der Waals surface area contributed by atoms with Crippen LogP contribution in [0.4, 0.5) is 0 Å². The van der Waals surface area contributed by atoms with Crippen molar-refractivity contribution in [2.45, 2.75) is 0 Å². The van der Waals surface area contributed by atoms with E-state index in [2.05, 4.69) is 15.9 Å². The Kier molecular flexibility index (Phi) is 4.22. The highest BCUT2D eigenvalue weighted by molar-refractivity contribution is 9.10. The van der Waals surface area contributed by atoms with E-state index in [1.54, 1.807) is 37.4 Å². The minimum Gasteiger partial charge on any atom is -0.497 e. The molecule has 0 saturated heterocycles. The van der Waals surface area contributed by atoms with Gasteiger partial charge in [0, 0.05) is 16.1 Å². The normalized spacial score (nSPS) is 10.1. The quantitative estimate of drug-likeness (QED) is 0.806. The van der Waals surface area contributed by atoms with Crippen molar-refractivity contribution in [1.82, 2.24) is 0 Å². The highest BCUT2D eigenvalue weighted by Crippen LogP contribution is 2.27. The number of methoxy groups -OCH3 is 2. The zero-order valence-electron chi connectivity index (χ0n) is 10.6. The Morgan fingerprint density at radius 3 is 2.26 bits per heavy atom. The van der Waals surface area contributed by atoms with E-state index in [4.69, 9.17) is 9.47 Å². The number of rotatable bonds is 4. The van der Waals surface area contributed by atoms with E-state index in [0.717, 1.165) is 4.47 Å². The maximum Gasteiger partial charge on any atom is 0.196 e. The molecule has 0 bridgehead atoms. The molecule has 2 rings (SSSR count). The number of ether oxygens (including phenoxy) is 2. The molecule has 0 aliphatic carbocycles. The van der Waals surface area contributed by atoms with Gasteiger partial charge in [0.05, 0.1) is 19.8 Å². The molecule has 0 atom stereocenters. The Bertz CT molecular complexity index is 591. The smallest absolute Gasteiger partial charge is 0.196 e. The highest BCUT2D eigenvalue weighted by atomic mass is 79.9. The van der Waals surface area contributed by atoms with Crippen molar-refractivity contribution in [3.63, 3.8) is 0 Å². The topological polar surface area (TPSA) is 35.5 Å². The third kappa shape index (κ3) is 2.96. The van der Waals surface area contributed by atoms with E-state index in [1.807, 2.05) is 12.1 Å². The molecule has 2 aromatic carbocycles. The molecule has 0 saturated carbocycles. The first-order chi connectivity index (χ1) is 9.15. The van der Waals surface area contributed by atoms with Crippen LogP contribution >= 0.6 is 15.9 Å². The van der Waals surface area contributed by atoms with Gasteiger partial charge < -0.3 is 9.47 Å². The first-order valence-corrected chi connectivity index (χ1v) is 6.47. The lowest BCUT2D eigenvalue weighted by Crippen LogP contribution is -2.04. The van der Waals surface area contributed by atoms with Gasteiger partial charge in [0.25, 0.3) is 0 Å². The van der Waals surface area contributed by atoms with Crippen molar-refractivity contribution in [3.8, 4) is 11.5 Å². The van der Waals surface area contributed by atoms with Gasteiger partial charge in [0.2, 0.25) is 0 Å². The zero-order chi connectivity index (χ0) is 13.8. The van der Waals surface area contributed by atoms with Crippen molar-refractivity contribution in [2.75, 3.05) is 14.2 Å². The predicted molar refractivity (Wildman–Crippen MR) is 77.1 cm³/mol. The van der Waals surface area contributed by atoms with E-state index in [-0.39, 0.29) is 5.78 Å². The van der Waals surface area contributed by atoms with E-state index in [9.17, 15) is 4.79 Å². The molecule has 2 aromatic rings. The fourth-order valence-corrected chi connectivity index (χ4v) is 2.01. The lowest BCUT2D eigenvalue weighted by atomic mass is 10.0. The van der Waals surface area contributed by atoms with Gasteiger partial charge in [-0.05, 0) is 36.4 Å². The Labute approximate surface area is 120 Å². The summed E-state index contributed by atoms with van der Waals surface area (Å²) in [6, 6.07) is 12.4. The number of carbonyl (C=O) groups is 1. The van der Waals surface area contributed by atoms with E-state index in [1.165, 1.54) is 7.11 Å². The molecule has 0 aromatic heterocycles. The molecule has 0 fully saturated rings. The second-order valence-corrected chi connectivity index (χ2v) is 4.82. The number of carbonyl (C=O) groups excluding carboxylic acids is 1. The van der Waals surface area contributed by atoms with Gasteiger partial charge in [0.15, 0.2) is 5.78 Å². The number of halogens is 1. The van der Waals surface area contributed by atoms with Crippen LogP contribution in [-0.2, 0) is 0 Å². The van der Waals surface area contributed by atoms with Crippen LogP contribution in [0.5, 0.6) is 11.5 Å². The Hall–Kier alpha value is -1.81. The highest BCUT2D eigenvalue weighted by Gasteiger charge is 2.15. The number of hydrogen-bond acceptors (Lipinski definition) is 3. The molecular formula is C15H13BrO3. The van der Waals surface area contributed by atoms with Gasteiger partial charge >= 0.3 is 0 Å². The molecule has 19 heavy (non-hydrogen) atoms. The Morgan fingerprint density at radius 1 is 1.00 bits per heavy atom. The van der Waals surface area contributed by atoms with Crippen molar-refractivity contribution in [3.05, 3.63) is 58.1 Å². The minimum atomic E-state index is -0.0768. The molecular weight excluding hydrogens is 308 g/mol. The second-order valence-electron chi connectivity index (χ2n) is 3.90. The zero-order valence-corrected chi connectivity index (χ0v) is 12.2. The molecule has 0 unspecified atom stereocenters. The predicted octanol–water partition coefficient (Wildman–Crippen LogP) is 3.70. The van der Waals surface area contributed by atoms with Gasteiger partial charge in [-0.15, -0.1) is 0 Å². The fraction of sp³-hybridized carbons (Fsp3) is 0.133. The van der Waals surface area contributed by atoms with Crippen LogP contribution in [0.25, 0.3) is 0 Å². The van der Waals surface area contributed by atoms with Gasteiger partial charge in [-0.3, -0.25) is 4.79 Å². The fourth-order valence-electron chi connectivity index (χ4n) is 1.74. The standard InChI is InChI=1S/C15H13BrO3/c1-18-12-7-8-13(14(9-12)19-2)15(17)10-3-5-11(16)6-4-10/h3-9H,1-2H3. The molecule has 0 aliphatic rings. The van der Waals surface area contributed by atoms with Gasteiger partial charge in [-0.1, -0.05) is 15.9 Å². The summed E-state index contributed by atoms with van der Waals surface area (Å²) in [5.41, 5.74) is 1.14. The van der Waals surface area contributed by atoms with Crippen LogP contribution in [0.1, 0.15) is 15.9 Å². The summed E-state index contributed by atoms with van der Waals surface area (Å²) >= 11 is 3.35. The third-order valence-electron chi connectivity index (χ3n) is 2.76. The Balaban J connectivity index is 2.40. The van der Waals surface area contributed by atoms with Crippen molar-refractivity contribution in [2.24, 2.45) is 0 Å². The van der Waals surface area contributed by atoms with Crippen molar-refractivity contribution in [1.29, 1.82) is 0 Å². The van der Waals surface area contributed by atoms with Crippen LogP contribution < -0.4 is 9.47 Å². The molecule has 0 spiro atoms. The van der Waals surface area contributed by atoms with Crippen LogP contribution in [0.3, 0.4) is 0 Å². The van der Waals surface area contributed by atoms with Crippen LogP contribution in [0, 0.1) is 0 Å². The first-order valence-electron chi connectivity index (χ1n) is 5.68. The SMILES string of the molecule is COc1ccc(C(=O)c2ccc(Br)cc2)c(OC)c1. The van der Waals surface area contributed by atoms with Gasteiger partial charge in [-0.25, -0.2) is 0 Å². The van der Waals surface area contributed by atoms with Crippen LogP contribution in [0.2, 0.25) is 0 Å². The monoisotopic (exact) mass is 320 g/mol. The lowest BCUT2D eigenvalue weighted by molar-refractivity contribution is 0.103. The van der Waals surface area contributed by atoms with Crippen LogP contribution in [-0.4, -0.2) is 20.0 Å². The summed E-state index contributed by atoms with van der Waals surface area (Å²) in [5, 5.41) is 0. The molecule has 0 amide bonds. The summed E-state index contributed by atoms with van der Waals surface area (Å²) in [6.07, 6.45) is 0. The number of hydrogen-bond donors (Lipinski definition) is 0. The maximum absolute atomic E-state index is 12.4. The maximum atomic E-state index is 12.4. The third-order valence-corrected chi connectivity index (χ3v) is 3.29. The molecule has 0 aliphatic heterocycles. The molecule has 98 valence electrons. The van der Waals surface area contributed by atoms with Gasteiger partial charge in [-0.2, -0.15) is 0 Å². The summed E-state index contributed by atoms with van der Waals surface area (Å²) in [6.45, 7) is 0. The molecule has 0 radical (unpaired) electrons. The van der Waals surface area contributed by atoms with E-state index >= 15 is 0 Å². The summed E-state index contributed by atoms with van der Waals surface area (Å²) in [4.78, 5) is 12.4. The molecule has 0 heterocycles. The van der Waals surface area contributed by atoms with E-state index in [0.29, 0.717) is 22.6 Å².